The zero-order chi connectivity index (χ0) is 15.5. The van der Waals surface area contributed by atoms with Crippen molar-refractivity contribution in [2.45, 2.75) is 50.8 Å². The molecule has 5 heteroatoms. The third-order valence-electron chi connectivity index (χ3n) is 3.87. The highest BCUT2D eigenvalue weighted by molar-refractivity contribution is 9.10. The summed E-state index contributed by atoms with van der Waals surface area (Å²) in [5, 5.41) is 0. The Morgan fingerprint density at radius 1 is 1.19 bits per heavy atom. The van der Waals surface area contributed by atoms with Gasteiger partial charge in [-0.25, -0.2) is 13.1 Å². The van der Waals surface area contributed by atoms with Crippen LogP contribution in [-0.4, -0.2) is 15.0 Å². The van der Waals surface area contributed by atoms with Crippen molar-refractivity contribution in [3.63, 3.8) is 0 Å². The molecule has 21 heavy (non-hydrogen) atoms. The zero-order valence-corrected chi connectivity index (χ0v) is 15.0. The van der Waals surface area contributed by atoms with Crippen molar-refractivity contribution in [3.05, 3.63) is 39.4 Å². The molecule has 0 saturated heterocycles. The van der Waals surface area contributed by atoms with Crippen LogP contribution < -0.4 is 4.72 Å². The molecule has 0 unspecified atom stereocenters. The van der Waals surface area contributed by atoms with Crippen LogP contribution in [0.3, 0.4) is 0 Å². The third-order valence-corrected chi connectivity index (χ3v) is 6.33. The fraction of sp³-hybridized carbons (Fsp3) is 0.500. The molecule has 1 N–H and O–H groups in total. The lowest BCUT2D eigenvalue weighted by atomic mass is 9.97. The standard InChI is InChI=1S/C16H22BrNO2S/c1-12-10-13(2)16(11-15(12)17)21(19,20)18-9-8-14-6-4-3-5-7-14/h6,10-11,18H,3-5,7-9H2,1-2H3. The van der Waals surface area contributed by atoms with Crippen LogP contribution >= 0.6 is 15.9 Å². The summed E-state index contributed by atoms with van der Waals surface area (Å²) in [6, 6.07) is 3.58. The SMILES string of the molecule is Cc1cc(C)c(S(=O)(=O)NCCC2=CCCCC2)cc1Br. The number of hydrogen-bond donors (Lipinski definition) is 1. The van der Waals surface area contributed by atoms with Crippen LogP contribution in [0, 0.1) is 13.8 Å². The van der Waals surface area contributed by atoms with Gasteiger partial charge in [0.25, 0.3) is 0 Å². The average molecular weight is 372 g/mol. The van der Waals surface area contributed by atoms with Crippen LogP contribution in [-0.2, 0) is 10.0 Å². The van der Waals surface area contributed by atoms with Gasteiger partial charge in [0.1, 0.15) is 0 Å². The maximum atomic E-state index is 12.4. The predicted molar refractivity (Wildman–Crippen MR) is 90.0 cm³/mol. The first-order chi connectivity index (χ1) is 9.90. The highest BCUT2D eigenvalue weighted by Crippen LogP contribution is 2.25. The Hall–Kier alpha value is -0.650. The van der Waals surface area contributed by atoms with Crippen molar-refractivity contribution in [1.82, 2.24) is 4.72 Å². The minimum Gasteiger partial charge on any atom is -0.211 e. The summed E-state index contributed by atoms with van der Waals surface area (Å²) in [6.07, 6.45) is 7.79. The molecule has 1 aromatic carbocycles. The number of rotatable bonds is 5. The van der Waals surface area contributed by atoms with E-state index in [0.29, 0.717) is 11.4 Å². The van der Waals surface area contributed by atoms with Crippen molar-refractivity contribution in [3.8, 4) is 0 Å². The molecule has 0 aliphatic heterocycles. The number of allylic oxidation sites excluding steroid dienone is 1. The molecule has 0 fully saturated rings. The van der Waals surface area contributed by atoms with Crippen LogP contribution in [0.4, 0.5) is 0 Å². The molecule has 0 spiro atoms. The fourth-order valence-electron chi connectivity index (χ4n) is 2.65. The van der Waals surface area contributed by atoms with E-state index in [1.807, 2.05) is 19.9 Å². The maximum Gasteiger partial charge on any atom is 0.240 e. The summed E-state index contributed by atoms with van der Waals surface area (Å²) in [5.74, 6) is 0. The fourth-order valence-corrected chi connectivity index (χ4v) is 4.43. The Balaban J connectivity index is 2.05. The molecule has 0 radical (unpaired) electrons. The van der Waals surface area contributed by atoms with Crippen LogP contribution in [0.15, 0.2) is 33.2 Å². The van der Waals surface area contributed by atoms with E-state index in [0.717, 1.165) is 34.9 Å². The van der Waals surface area contributed by atoms with Crippen LogP contribution in [0.25, 0.3) is 0 Å². The van der Waals surface area contributed by atoms with Crippen molar-refractivity contribution in [2.24, 2.45) is 0 Å². The first-order valence-electron chi connectivity index (χ1n) is 7.34. The van der Waals surface area contributed by atoms with E-state index in [4.69, 9.17) is 0 Å². The summed E-state index contributed by atoms with van der Waals surface area (Å²) in [6.45, 7) is 4.26. The van der Waals surface area contributed by atoms with E-state index in [1.54, 1.807) is 6.07 Å². The first kappa shape index (κ1) is 16.7. The highest BCUT2D eigenvalue weighted by Gasteiger charge is 2.18. The molecule has 116 valence electrons. The molecule has 0 atom stereocenters. The van der Waals surface area contributed by atoms with Gasteiger partial charge in [0.2, 0.25) is 10.0 Å². The van der Waals surface area contributed by atoms with E-state index in [9.17, 15) is 8.42 Å². The minimum atomic E-state index is -3.44. The van der Waals surface area contributed by atoms with Gasteiger partial charge in [-0.15, -0.1) is 0 Å². The zero-order valence-electron chi connectivity index (χ0n) is 12.6. The lowest BCUT2D eigenvalue weighted by molar-refractivity contribution is 0.578. The Labute approximate surface area is 136 Å². The summed E-state index contributed by atoms with van der Waals surface area (Å²) in [4.78, 5) is 0.359. The number of benzene rings is 1. The van der Waals surface area contributed by atoms with Crippen LogP contribution in [0.1, 0.15) is 43.2 Å². The van der Waals surface area contributed by atoms with Crippen molar-refractivity contribution in [2.75, 3.05) is 6.54 Å². The summed E-state index contributed by atoms with van der Waals surface area (Å²) >= 11 is 3.40. The van der Waals surface area contributed by atoms with Crippen molar-refractivity contribution >= 4 is 26.0 Å². The van der Waals surface area contributed by atoms with Gasteiger partial charge >= 0.3 is 0 Å². The maximum absolute atomic E-state index is 12.4. The van der Waals surface area contributed by atoms with Gasteiger partial charge in [0.15, 0.2) is 0 Å². The molecule has 0 heterocycles. The molecule has 0 aromatic heterocycles. The second kappa shape index (κ2) is 7.07. The monoisotopic (exact) mass is 371 g/mol. The summed E-state index contributed by atoms with van der Waals surface area (Å²) in [7, 11) is -3.44. The second-order valence-electron chi connectivity index (χ2n) is 5.62. The Morgan fingerprint density at radius 2 is 1.95 bits per heavy atom. The van der Waals surface area contributed by atoms with Crippen LogP contribution in [0.2, 0.25) is 0 Å². The molecule has 3 nitrogen and oxygen atoms in total. The van der Waals surface area contributed by atoms with Gasteiger partial charge < -0.3 is 0 Å². The number of hydrogen-bond acceptors (Lipinski definition) is 2. The number of aryl methyl sites for hydroxylation is 2. The van der Waals surface area contributed by atoms with E-state index in [2.05, 4.69) is 26.7 Å². The largest absolute Gasteiger partial charge is 0.240 e. The Bertz CT molecular complexity index is 650. The first-order valence-corrected chi connectivity index (χ1v) is 9.62. The quantitative estimate of drug-likeness (QED) is 0.786. The predicted octanol–water partition coefficient (Wildman–Crippen LogP) is 4.23. The van der Waals surface area contributed by atoms with Gasteiger partial charge in [-0.1, -0.05) is 33.6 Å². The molecule has 2 rings (SSSR count). The van der Waals surface area contributed by atoms with E-state index < -0.39 is 10.0 Å². The summed E-state index contributed by atoms with van der Waals surface area (Å²) < 4.78 is 28.4. The molecule has 0 amide bonds. The molecule has 1 aromatic rings. The minimum absolute atomic E-state index is 0.359. The lowest BCUT2D eigenvalue weighted by Gasteiger charge is -2.14. The summed E-state index contributed by atoms with van der Waals surface area (Å²) in [5.41, 5.74) is 3.20. The molecular weight excluding hydrogens is 350 g/mol. The van der Waals surface area contributed by atoms with Crippen LogP contribution in [0.5, 0.6) is 0 Å². The van der Waals surface area contributed by atoms with Gasteiger partial charge in [-0.3, -0.25) is 0 Å². The number of sulfonamides is 1. The van der Waals surface area contributed by atoms with Gasteiger partial charge in [-0.05, 0) is 63.1 Å². The average Bonchev–Trinajstić information content (AvgIpc) is 2.43. The number of nitrogens with one attached hydrogen (secondary N) is 1. The van der Waals surface area contributed by atoms with E-state index >= 15 is 0 Å². The lowest BCUT2D eigenvalue weighted by Crippen LogP contribution is -2.26. The molecule has 0 saturated carbocycles. The molecule has 1 aliphatic rings. The van der Waals surface area contributed by atoms with E-state index in [-0.39, 0.29) is 0 Å². The molecule has 1 aliphatic carbocycles. The van der Waals surface area contributed by atoms with E-state index in [1.165, 1.54) is 18.4 Å². The van der Waals surface area contributed by atoms with Crippen molar-refractivity contribution in [1.29, 1.82) is 0 Å². The molecule has 0 bridgehead atoms. The normalized spacial score (nSPS) is 15.9. The number of halogens is 1. The third kappa shape index (κ3) is 4.41. The topological polar surface area (TPSA) is 46.2 Å². The van der Waals surface area contributed by atoms with Gasteiger partial charge in [0.05, 0.1) is 4.90 Å². The van der Waals surface area contributed by atoms with Gasteiger partial charge in [0, 0.05) is 11.0 Å². The second-order valence-corrected chi connectivity index (χ2v) is 8.21. The Morgan fingerprint density at radius 3 is 2.62 bits per heavy atom. The smallest absolute Gasteiger partial charge is 0.211 e. The van der Waals surface area contributed by atoms with Crippen molar-refractivity contribution < 1.29 is 8.42 Å². The highest BCUT2D eigenvalue weighted by atomic mass is 79.9. The Kier molecular flexibility index (Phi) is 5.63. The molecular formula is C16H22BrNO2S. The van der Waals surface area contributed by atoms with Gasteiger partial charge in [-0.2, -0.15) is 0 Å².